The van der Waals surface area contributed by atoms with E-state index in [1.807, 2.05) is 13.8 Å². The third-order valence-electron chi connectivity index (χ3n) is 3.54. The van der Waals surface area contributed by atoms with Crippen molar-refractivity contribution < 1.29 is 22.6 Å². The molecule has 0 aliphatic carbocycles. The van der Waals surface area contributed by atoms with E-state index in [9.17, 15) is 8.42 Å². The minimum Gasteiger partial charge on any atom is -0.496 e. The molecule has 0 aliphatic rings. The molecular formula is C15H27ClN2O5S. The van der Waals surface area contributed by atoms with Gasteiger partial charge in [-0.3, -0.25) is 0 Å². The van der Waals surface area contributed by atoms with Gasteiger partial charge in [0.05, 0.1) is 21.3 Å². The summed E-state index contributed by atoms with van der Waals surface area (Å²) in [6.45, 7) is 4.44. The lowest BCUT2D eigenvalue weighted by Crippen LogP contribution is -2.39. The molecule has 0 saturated heterocycles. The number of hydrogen-bond acceptors (Lipinski definition) is 6. The molecule has 1 aromatic rings. The molecule has 0 saturated carbocycles. The summed E-state index contributed by atoms with van der Waals surface area (Å²) in [5.74, 6) is 0.778. The van der Waals surface area contributed by atoms with Crippen LogP contribution in [0.1, 0.15) is 13.8 Å². The highest BCUT2D eigenvalue weighted by Crippen LogP contribution is 2.39. The van der Waals surface area contributed by atoms with Crippen molar-refractivity contribution in [1.29, 1.82) is 0 Å². The van der Waals surface area contributed by atoms with E-state index in [1.54, 1.807) is 0 Å². The summed E-state index contributed by atoms with van der Waals surface area (Å²) in [4.78, 5) is -0.0291. The zero-order valence-corrected chi connectivity index (χ0v) is 16.6. The van der Waals surface area contributed by atoms with Gasteiger partial charge in [-0.2, -0.15) is 0 Å². The number of nitrogens with zero attached hydrogens (tertiary/aromatic N) is 1. The predicted octanol–water partition coefficient (Wildman–Crippen LogP) is 1.74. The van der Waals surface area contributed by atoms with Gasteiger partial charge in [0.15, 0.2) is 4.90 Å². The standard InChI is InChI=1S/C15H26N2O5S.ClH/c1-15(2,9-16)10-17(3)23(18,19)14-12(21-5)7-11(20-4)8-13(14)22-6;/h7-8H,9-10,16H2,1-6H3;1H. The van der Waals surface area contributed by atoms with Gasteiger partial charge >= 0.3 is 0 Å². The molecule has 2 N–H and O–H groups in total. The van der Waals surface area contributed by atoms with Crippen molar-refractivity contribution >= 4 is 22.4 Å². The molecule has 0 radical (unpaired) electrons. The lowest BCUT2D eigenvalue weighted by molar-refractivity contribution is 0.289. The molecule has 0 amide bonds. The minimum atomic E-state index is -3.82. The molecule has 1 aromatic carbocycles. The quantitative estimate of drug-likeness (QED) is 0.736. The van der Waals surface area contributed by atoms with E-state index in [1.165, 1.54) is 44.8 Å². The van der Waals surface area contributed by atoms with Crippen LogP contribution < -0.4 is 19.9 Å². The summed E-state index contributed by atoms with van der Waals surface area (Å²) in [5.41, 5.74) is 5.35. The number of ether oxygens (including phenoxy) is 3. The SMILES string of the molecule is COc1cc(OC)c(S(=O)(=O)N(C)CC(C)(C)CN)c(OC)c1.Cl. The molecule has 140 valence electrons. The first-order chi connectivity index (χ1) is 10.6. The van der Waals surface area contributed by atoms with Crippen molar-refractivity contribution in [2.75, 3.05) is 41.5 Å². The number of halogens is 1. The van der Waals surface area contributed by atoms with E-state index in [4.69, 9.17) is 19.9 Å². The Bertz CT molecular complexity index is 624. The fourth-order valence-corrected chi connectivity index (χ4v) is 3.76. The number of nitrogens with two attached hydrogens (primary N) is 1. The second-order valence-corrected chi connectivity index (χ2v) is 7.97. The Kier molecular flexibility index (Phi) is 8.31. The monoisotopic (exact) mass is 382 g/mol. The van der Waals surface area contributed by atoms with Crippen LogP contribution in [0.25, 0.3) is 0 Å². The van der Waals surface area contributed by atoms with Crippen LogP contribution >= 0.6 is 12.4 Å². The van der Waals surface area contributed by atoms with Gasteiger partial charge in [-0.15, -0.1) is 12.4 Å². The van der Waals surface area contributed by atoms with Gasteiger partial charge in [-0.1, -0.05) is 13.8 Å². The molecule has 0 fully saturated rings. The molecule has 0 aliphatic heterocycles. The topological polar surface area (TPSA) is 91.1 Å². The zero-order valence-electron chi connectivity index (χ0n) is 15.0. The van der Waals surface area contributed by atoms with Crippen LogP contribution in [0.3, 0.4) is 0 Å². The average Bonchev–Trinajstić information content (AvgIpc) is 2.52. The molecule has 24 heavy (non-hydrogen) atoms. The predicted molar refractivity (Wildman–Crippen MR) is 96.0 cm³/mol. The summed E-state index contributed by atoms with van der Waals surface area (Å²) in [6, 6.07) is 3.02. The second kappa shape index (κ2) is 8.75. The highest BCUT2D eigenvalue weighted by Gasteiger charge is 2.33. The van der Waals surface area contributed by atoms with E-state index in [0.717, 1.165) is 0 Å². The van der Waals surface area contributed by atoms with Gasteiger partial charge in [-0.25, -0.2) is 12.7 Å². The zero-order chi connectivity index (χ0) is 17.8. The normalized spacial score (nSPS) is 11.8. The van der Waals surface area contributed by atoms with E-state index >= 15 is 0 Å². The molecule has 0 bridgehead atoms. The first-order valence-electron chi connectivity index (χ1n) is 7.09. The Hall–Kier alpha value is -1.22. The van der Waals surface area contributed by atoms with Crippen LogP contribution in [0.5, 0.6) is 17.2 Å². The highest BCUT2D eigenvalue weighted by molar-refractivity contribution is 7.89. The minimum absolute atomic E-state index is 0. The van der Waals surface area contributed by atoms with Crippen LogP contribution in [-0.2, 0) is 10.0 Å². The van der Waals surface area contributed by atoms with Gasteiger partial charge < -0.3 is 19.9 Å². The van der Waals surface area contributed by atoms with E-state index < -0.39 is 10.0 Å². The van der Waals surface area contributed by atoms with E-state index in [2.05, 4.69) is 0 Å². The van der Waals surface area contributed by atoms with Crippen molar-refractivity contribution in [2.24, 2.45) is 11.1 Å². The molecule has 0 spiro atoms. The van der Waals surface area contributed by atoms with Gasteiger partial charge in [0.25, 0.3) is 0 Å². The molecule has 0 atom stereocenters. The van der Waals surface area contributed by atoms with Gasteiger partial charge in [0, 0.05) is 25.7 Å². The molecular weight excluding hydrogens is 356 g/mol. The van der Waals surface area contributed by atoms with Crippen molar-refractivity contribution in [3.8, 4) is 17.2 Å². The van der Waals surface area contributed by atoms with Crippen LogP contribution in [0.2, 0.25) is 0 Å². The smallest absolute Gasteiger partial charge is 0.250 e. The fourth-order valence-electron chi connectivity index (χ4n) is 2.14. The van der Waals surface area contributed by atoms with E-state index in [0.29, 0.717) is 12.3 Å². The Labute approximate surface area is 150 Å². The molecule has 0 unspecified atom stereocenters. The number of sulfonamides is 1. The summed E-state index contributed by atoms with van der Waals surface area (Å²) >= 11 is 0. The summed E-state index contributed by atoms with van der Waals surface area (Å²) in [7, 11) is 1.97. The Morgan fingerprint density at radius 2 is 1.54 bits per heavy atom. The third-order valence-corrected chi connectivity index (χ3v) is 5.41. The maximum absolute atomic E-state index is 13.0. The van der Waals surface area contributed by atoms with Crippen LogP contribution in [0, 0.1) is 5.41 Å². The molecule has 9 heteroatoms. The average molecular weight is 383 g/mol. The molecule has 0 heterocycles. The first kappa shape index (κ1) is 22.8. The highest BCUT2D eigenvalue weighted by atomic mass is 35.5. The molecule has 7 nitrogen and oxygen atoms in total. The van der Waals surface area contributed by atoms with Crippen molar-refractivity contribution in [3.63, 3.8) is 0 Å². The van der Waals surface area contributed by atoms with Crippen LogP contribution in [-0.4, -0.2) is 54.2 Å². The number of benzene rings is 1. The van der Waals surface area contributed by atoms with Crippen LogP contribution in [0.15, 0.2) is 17.0 Å². The fraction of sp³-hybridized carbons (Fsp3) is 0.600. The number of hydrogen-bond donors (Lipinski definition) is 1. The van der Waals surface area contributed by atoms with Gasteiger partial charge in [-0.05, 0) is 12.0 Å². The summed E-state index contributed by atoms with van der Waals surface area (Å²) in [5, 5.41) is 0. The number of methoxy groups -OCH3 is 3. The van der Waals surface area contributed by atoms with Crippen molar-refractivity contribution in [2.45, 2.75) is 18.7 Å². The molecule has 0 aromatic heterocycles. The maximum atomic E-state index is 13.0. The lowest BCUT2D eigenvalue weighted by Gasteiger charge is -2.29. The lowest BCUT2D eigenvalue weighted by atomic mass is 9.94. The second-order valence-electron chi connectivity index (χ2n) is 5.99. The largest absolute Gasteiger partial charge is 0.496 e. The Balaban J connectivity index is 0.00000529. The first-order valence-corrected chi connectivity index (χ1v) is 8.53. The van der Waals surface area contributed by atoms with Crippen molar-refractivity contribution in [3.05, 3.63) is 12.1 Å². The number of rotatable bonds is 8. The Morgan fingerprint density at radius 1 is 1.08 bits per heavy atom. The molecule has 1 rings (SSSR count). The summed E-state index contributed by atoms with van der Waals surface area (Å²) < 4.78 is 42.8. The summed E-state index contributed by atoms with van der Waals surface area (Å²) in [6.07, 6.45) is 0. The van der Waals surface area contributed by atoms with Crippen molar-refractivity contribution in [1.82, 2.24) is 4.31 Å². The Morgan fingerprint density at radius 3 is 1.88 bits per heavy atom. The van der Waals surface area contributed by atoms with E-state index in [-0.39, 0.29) is 40.8 Å². The van der Waals surface area contributed by atoms with Gasteiger partial charge in [0.1, 0.15) is 17.2 Å². The third kappa shape index (κ3) is 4.89. The maximum Gasteiger partial charge on any atom is 0.250 e. The van der Waals surface area contributed by atoms with Crippen LogP contribution in [0.4, 0.5) is 0 Å². The van der Waals surface area contributed by atoms with Gasteiger partial charge in [0.2, 0.25) is 10.0 Å².